The van der Waals surface area contributed by atoms with Gasteiger partial charge in [0.25, 0.3) is 0 Å². The molecule has 1 aromatic heterocycles. The van der Waals surface area contributed by atoms with Crippen molar-refractivity contribution in [2.24, 2.45) is 0 Å². The molecule has 0 unspecified atom stereocenters. The molecule has 234 valence electrons. The average molecular weight is 633 g/mol. The van der Waals surface area contributed by atoms with Crippen molar-refractivity contribution in [3.05, 3.63) is 95.0 Å². The van der Waals surface area contributed by atoms with Crippen molar-refractivity contribution in [1.29, 1.82) is 0 Å². The highest BCUT2D eigenvalue weighted by molar-refractivity contribution is 6.32. The number of halogens is 2. The third-order valence-corrected chi connectivity index (χ3v) is 7.96. The molecule has 1 N–H and O–H groups in total. The van der Waals surface area contributed by atoms with Crippen LogP contribution >= 0.6 is 11.6 Å². The number of carbonyl (C=O) groups excluding carboxylic acids is 1. The molecular formula is C34H34ClFN4O5. The highest BCUT2D eigenvalue weighted by atomic mass is 35.5. The number of ether oxygens (including phenoxy) is 4. The van der Waals surface area contributed by atoms with Crippen LogP contribution in [0.25, 0.3) is 10.9 Å². The first kappa shape index (κ1) is 30.9. The van der Waals surface area contributed by atoms with Crippen molar-refractivity contribution in [1.82, 2.24) is 14.9 Å². The fourth-order valence-electron chi connectivity index (χ4n) is 5.54. The van der Waals surface area contributed by atoms with Gasteiger partial charge in [0.1, 0.15) is 36.1 Å². The number of hydrogen-bond acceptors (Lipinski definition) is 9. The van der Waals surface area contributed by atoms with Gasteiger partial charge in [-0.05, 0) is 55.0 Å². The van der Waals surface area contributed by atoms with Crippen LogP contribution < -0.4 is 14.8 Å². The minimum absolute atomic E-state index is 0.0358. The second kappa shape index (κ2) is 14.3. The number of ketones is 1. The maximum absolute atomic E-state index is 13.5. The summed E-state index contributed by atoms with van der Waals surface area (Å²) in [6, 6.07) is 15.2. The Hall–Kier alpha value is -4.09. The summed E-state index contributed by atoms with van der Waals surface area (Å²) in [6.07, 6.45) is 5.37. The molecule has 3 heterocycles. The molecule has 11 heteroatoms. The van der Waals surface area contributed by atoms with E-state index in [0.29, 0.717) is 65.5 Å². The van der Waals surface area contributed by atoms with Crippen molar-refractivity contribution in [2.45, 2.75) is 32.2 Å². The van der Waals surface area contributed by atoms with Crippen LogP contribution in [0, 0.1) is 5.82 Å². The average Bonchev–Trinajstić information content (AvgIpc) is 3.44. The molecule has 2 saturated heterocycles. The molecule has 4 aromatic rings. The highest BCUT2D eigenvalue weighted by Crippen LogP contribution is 2.33. The zero-order valence-electron chi connectivity index (χ0n) is 24.9. The Morgan fingerprint density at radius 3 is 2.64 bits per heavy atom. The van der Waals surface area contributed by atoms with Crippen molar-refractivity contribution >= 4 is 39.8 Å². The lowest BCUT2D eigenvalue weighted by Crippen LogP contribution is -2.36. The Bertz CT molecular complexity index is 1690. The van der Waals surface area contributed by atoms with E-state index < -0.39 is 0 Å². The van der Waals surface area contributed by atoms with E-state index in [1.54, 1.807) is 30.3 Å². The number of hydrogen-bond donors (Lipinski definition) is 1. The Morgan fingerprint density at radius 2 is 1.89 bits per heavy atom. The number of nitrogens with zero attached hydrogens (tertiary/aromatic N) is 3. The van der Waals surface area contributed by atoms with Gasteiger partial charge in [0.2, 0.25) is 0 Å². The summed E-state index contributed by atoms with van der Waals surface area (Å²) < 4.78 is 36.8. The van der Waals surface area contributed by atoms with Crippen molar-refractivity contribution in [3.63, 3.8) is 0 Å². The predicted molar refractivity (Wildman–Crippen MR) is 170 cm³/mol. The fraction of sp³-hybridized carbons (Fsp3) is 0.324. The minimum atomic E-state index is -0.322. The molecule has 2 fully saturated rings. The van der Waals surface area contributed by atoms with Crippen LogP contribution in [0.2, 0.25) is 5.02 Å². The largest absolute Gasteiger partial charge is 0.494 e. The summed E-state index contributed by atoms with van der Waals surface area (Å²) in [6.45, 7) is 6.05. The summed E-state index contributed by atoms with van der Waals surface area (Å²) in [5.74, 6) is 1.27. The molecule has 2 atom stereocenters. The number of anilines is 2. The minimum Gasteiger partial charge on any atom is -0.494 e. The fourth-order valence-corrected chi connectivity index (χ4v) is 5.78. The number of aromatic nitrogens is 2. The Morgan fingerprint density at radius 1 is 1.07 bits per heavy atom. The Balaban J connectivity index is 1.14. The first-order valence-electron chi connectivity index (χ1n) is 14.9. The Kier molecular flexibility index (Phi) is 9.85. The molecular weight excluding hydrogens is 599 g/mol. The van der Waals surface area contributed by atoms with E-state index in [1.165, 1.54) is 18.5 Å². The van der Waals surface area contributed by atoms with Crippen LogP contribution in [0.15, 0.2) is 73.1 Å². The summed E-state index contributed by atoms with van der Waals surface area (Å²) in [5, 5.41) is 4.43. The number of likely N-dealkylation sites (tertiary alicyclic amines) is 1. The van der Waals surface area contributed by atoms with Crippen LogP contribution in [0.4, 0.5) is 15.9 Å². The summed E-state index contributed by atoms with van der Waals surface area (Å²) in [5.41, 5.74) is 2.80. The molecule has 2 aliphatic rings. The molecule has 0 aliphatic carbocycles. The van der Waals surface area contributed by atoms with E-state index in [-0.39, 0.29) is 36.8 Å². The molecule has 0 radical (unpaired) electrons. The molecule has 6 rings (SSSR count). The van der Waals surface area contributed by atoms with Crippen LogP contribution in [0.5, 0.6) is 11.5 Å². The molecule has 0 spiro atoms. The van der Waals surface area contributed by atoms with E-state index in [0.717, 1.165) is 24.0 Å². The monoisotopic (exact) mass is 632 g/mol. The van der Waals surface area contributed by atoms with Crippen LogP contribution in [-0.4, -0.2) is 72.3 Å². The summed E-state index contributed by atoms with van der Waals surface area (Å²) in [7, 11) is 0. The lowest BCUT2D eigenvalue weighted by Gasteiger charge is -2.24. The second-order valence-corrected chi connectivity index (χ2v) is 11.3. The highest BCUT2D eigenvalue weighted by Gasteiger charge is 2.35. The maximum Gasteiger partial charge on any atom is 0.159 e. The zero-order valence-corrected chi connectivity index (χ0v) is 25.6. The van der Waals surface area contributed by atoms with Gasteiger partial charge >= 0.3 is 0 Å². The van der Waals surface area contributed by atoms with Gasteiger partial charge in [-0.3, -0.25) is 9.69 Å². The third-order valence-electron chi connectivity index (χ3n) is 7.67. The van der Waals surface area contributed by atoms with Gasteiger partial charge in [0.05, 0.1) is 42.6 Å². The second-order valence-electron chi connectivity index (χ2n) is 10.9. The molecule has 3 aromatic carbocycles. The van der Waals surface area contributed by atoms with E-state index in [2.05, 4.69) is 20.2 Å². The lowest BCUT2D eigenvalue weighted by atomic mass is 10.0. The number of benzene rings is 3. The van der Waals surface area contributed by atoms with Gasteiger partial charge in [-0.25, -0.2) is 14.4 Å². The Labute approximate surface area is 265 Å². The van der Waals surface area contributed by atoms with Crippen LogP contribution in [0.3, 0.4) is 0 Å². The number of nitrogens with one attached hydrogen (secondary N) is 1. The molecule has 0 bridgehead atoms. The van der Waals surface area contributed by atoms with Crippen molar-refractivity contribution in [3.8, 4) is 11.5 Å². The van der Waals surface area contributed by atoms with Gasteiger partial charge in [0.15, 0.2) is 5.78 Å². The van der Waals surface area contributed by atoms with Gasteiger partial charge < -0.3 is 24.3 Å². The number of fused-ring (bicyclic) bond motifs is 2. The van der Waals surface area contributed by atoms with Crippen LogP contribution in [-0.2, 0) is 27.3 Å². The van der Waals surface area contributed by atoms with Gasteiger partial charge in [0, 0.05) is 48.8 Å². The lowest BCUT2D eigenvalue weighted by molar-refractivity contribution is -0.116. The van der Waals surface area contributed by atoms with Crippen molar-refractivity contribution in [2.75, 3.05) is 44.8 Å². The first-order chi connectivity index (χ1) is 21.9. The summed E-state index contributed by atoms with van der Waals surface area (Å²) >= 11 is 6.52. The van der Waals surface area contributed by atoms with Crippen LogP contribution in [0.1, 0.15) is 18.1 Å². The first-order valence-corrected chi connectivity index (χ1v) is 15.3. The number of carbonyl (C=O) groups is 1. The maximum atomic E-state index is 13.5. The topological polar surface area (TPSA) is 95.0 Å². The molecule has 0 amide bonds. The van der Waals surface area contributed by atoms with Gasteiger partial charge in [-0.15, -0.1) is 0 Å². The standard InChI is InChI=1S/C34H34ClFN4O5/c1-2-42-31-17-29-27(15-23(31)14-26(41)7-4-10-40-18-32-33(19-40)44-12-11-43-32)34(38-21-37-29)39-25-8-9-30(28(35)16-25)45-20-22-5-3-6-24(36)13-22/h3-9,13,15-17,21,32-33H,2,10-12,14,18-20H2,1H3,(H,37,38,39)/b7-4+/t32-,33+. The van der Waals surface area contributed by atoms with Crippen molar-refractivity contribution < 1.29 is 28.1 Å². The molecule has 0 saturated carbocycles. The summed E-state index contributed by atoms with van der Waals surface area (Å²) in [4.78, 5) is 24.2. The zero-order chi connectivity index (χ0) is 31.2. The van der Waals surface area contributed by atoms with Gasteiger partial charge in [-0.2, -0.15) is 0 Å². The normalized spacial score (nSPS) is 18.3. The van der Waals surface area contributed by atoms with Gasteiger partial charge in [-0.1, -0.05) is 29.8 Å². The third kappa shape index (κ3) is 7.77. The number of allylic oxidation sites excluding steroid dienone is 1. The number of rotatable bonds is 12. The molecule has 9 nitrogen and oxygen atoms in total. The quantitative estimate of drug-likeness (QED) is 0.191. The van der Waals surface area contributed by atoms with E-state index >= 15 is 0 Å². The molecule has 2 aliphatic heterocycles. The molecule has 45 heavy (non-hydrogen) atoms. The predicted octanol–water partition coefficient (Wildman–Crippen LogP) is 5.91. The van der Waals surface area contributed by atoms with E-state index in [4.69, 9.17) is 30.5 Å². The SMILES string of the molecule is CCOc1cc2ncnc(Nc3ccc(OCc4cccc(F)c4)c(Cl)c3)c2cc1CC(=O)/C=C/CN1C[C@@H]2OCCO[C@@H]2C1. The smallest absolute Gasteiger partial charge is 0.159 e. The van der Waals surface area contributed by atoms with E-state index in [9.17, 15) is 9.18 Å². The van der Waals surface area contributed by atoms with E-state index in [1.807, 2.05) is 31.2 Å².